The number of carbonyl (C=O) groups excluding carboxylic acids is 1. The summed E-state index contributed by atoms with van der Waals surface area (Å²) >= 11 is 0. The van der Waals surface area contributed by atoms with Gasteiger partial charge in [0, 0.05) is 19.2 Å². The van der Waals surface area contributed by atoms with Crippen LogP contribution in [-0.2, 0) is 7.05 Å². The average Bonchev–Trinajstić information content (AvgIpc) is 3.31. The van der Waals surface area contributed by atoms with Crippen molar-refractivity contribution in [1.29, 1.82) is 0 Å². The minimum atomic E-state index is -0.0263. The number of benzene rings is 1. The molecule has 0 radical (unpaired) electrons. The number of hydrogen-bond acceptors (Lipinski definition) is 5. The van der Waals surface area contributed by atoms with Crippen molar-refractivity contribution >= 4 is 5.91 Å². The molecule has 3 heterocycles. The summed E-state index contributed by atoms with van der Waals surface area (Å²) in [6.45, 7) is 2.88. The van der Waals surface area contributed by atoms with Gasteiger partial charge in [-0.3, -0.25) is 4.79 Å². The summed E-state index contributed by atoms with van der Waals surface area (Å²) in [5.41, 5.74) is 2.50. The van der Waals surface area contributed by atoms with E-state index in [1.807, 2.05) is 18.9 Å². The maximum Gasteiger partial charge on any atom is 0.254 e. The van der Waals surface area contributed by atoms with Crippen molar-refractivity contribution in [2.45, 2.75) is 25.8 Å². The Morgan fingerprint density at radius 2 is 2.12 bits per heavy atom. The SMILES string of the molecule is COc1c([C@@H]2CCCN2C(=O)c2ccc3c(c2)OCO3)c(C)nn1C. The smallest absolute Gasteiger partial charge is 0.254 e. The summed E-state index contributed by atoms with van der Waals surface area (Å²) in [5, 5.41) is 4.46. The highest BCUT2D eigenvalue weighted by Gasteiger charge is 2.35. The molecule has 7 heteroatoms. The molecule has 25 heavy (non-hydrogen) atoms. The Morgan fingerprint density at radius 3 is 2.92 bits per heavy atom. The highest BCUT2D eigenvalue weighted by Crippen LogP contribution is 2.40. The second-order valence-corrected chi connectivity index (χ2v) is 6.36. The largest absolute Gasteiger partial charge is 0.481 e. The van der Waals surface area contributed by atoms with Crippen molar-refractivity contribution in [3.63, 3.8) is 0 Å². The zero-order valence-electron chi connectivity index (χ0n) is 14.6. The van der Waals surface area contributed by atoms with Crippen molar-refractivity contribution in [3.05, 3.63) is 35.0 Å². The zero-order valence-corrected chi connectivity index (χ0v) is 14.6. The predicted octanol–water partition coefficient (Wildman–Crippen LogP) is 2.44. The van der Waals surface area contributed by atoms with Gasteiger partial charge in [0.15, 0.2) is 11.5 Å². The Hall–Kier alpha value is -2.70. The topological polar surface area (TPSA) is 65.8 Å². The third-order valence-corrected chi connectivity index (χ3v) is 4.87. The first-order valence-electron chi connectivity index (χ1n) is 8.38. The molecule has 1 aromatic heterocycles. The molecule has 0 N–H and O–H groups in total. The second kappa shape index (κ2) is 5.98. The van der Waals surface area contributed by atoms with Gasteiger partial charge in [0.25, 0.3) is 5.91 Å². The number of rotatable bonds is 3. The van der Waals surface area contributed by atoms with Crippen LogP contribution in [0.2, 0.25) is 0 Å². The van der Waals surface area contributed by atoms with E-state index in [4.69, 9.17) is 14.2 Å². The molecule has 1 aromatic carbocycles. The highest BCUT2D eigenvalue weighted by molar-refractivity contribution is 5.95. The van der Waals surface area contributed by atoms with Gasteiger partial charge in [-0.15, -0.1) is 0 Å². The molecule has 0 bridgehead atoms. The summed E-state index contributed by atoms with van der Waals surface area (Å²) in [4.78, 5) is 15.0. The van der Waals surface area contributed by atoms with Gasteiger partial charge in [0.2, 0.25) is 12.7 Å². The molecule has 4 rings (SSSR count). The number of aryl methyl sites for hydroxylation is 2. The Kier molecular flexibility index (Phi) is 3.78. The first-order chi connectivity index (χ1) is 12.1. The fourth-order valence-electron chi connectivity index (χ4n) is 3.78. The molecule has 0 spiro atoms. The van der Waals surface area contributed by atoms with Crippen LogP contribution in [0.1, 0.15) is 40.5 Å². The van der Waals surface area contributed by atoms with Gasteiger partial charge in [0.05, 0.1) is 24.4 Å². The van der Waals surface area contributed by atoms with Gasteiger partial charge in [0.1, 0.15) is 0 Å². The fraction of sp³-hybridized carbons (Fsp3) is 0.444. The lowest BCUT2D eigenvalue weighted by Gasteiger charge is -2.25. The number of methoxy groups -OCH3 is 1. The van der Waals surface area contributed by atoms with Crippen molar-refractivity contribution < 1.29 is 19.0 Å². The Morgan fingerprint density at radius 1 is 1.32 bits per heavy atom. The van der Waals surface area contributed by atoms with Crippen molar-refractivity contribution in [3.8, 4) is 17.4 Å². The van der Waals surface area contributed by atoms with Crippen LogP contribution in [-0.4, -0.2) is 41.0 Å². The van der Waals surface area contributed by atoms with Crippen LogP contribution in [0.3, 0.4) is 0 Å². The molecule has 7 nitrogen and oxygen atoms in total. The standard InChI is InChI=1S/C18H21N3O4/c1-11-16(18(23-3)20(2)19-11)13-5-4-8-21(13)17(22)12-6-7-14-15(9-12)25-10-24-14/h6-7,9,13H,4-5,8,10H2,1-3H3/t13-/m0/s1. The Bertz CT molecular complexity index is 830. The lowest BCUT2D eigenvalue weighted by molar-refractivity contribution is 0.0733. The van der Waals surface area contributed by atoms with Crippen LogP contribution in [0.25, 0.3) is 0 Å². The van der Waals surface area contributed by atoms with Crippen molar-refractivity contribution in [1.82, 2.24) is 14.7 Å². The maximum absolute atomic E-state index is 13.1. The van der Waals surface area contributed by atoms with Crippen LogP contribution < -0.4 is 14.2 Å². The summed E-state index contributed by atoms with van der Waals surface area (Å²) in [7, 11) is 3.49. The molecule has 0 saturated carbocycles. The molecule has 1 atom stereocenters. The maximum atomic E-state index is 13.1. The molecule has 2 aromatic rings. The first kappa shape index (κ1) is 15.8. The van der Waals surface area contributed by atoms with E-state index in [0.717, 1.165) is 30.6 Å². The molecule has 2 aliphatic heterocycles. The van der Waals surface area contributed by atoms with Crippen LogP contribution in [0, 0.1) is 6.92 Å². The average molecular weight is 343 g/mol. The van der Waals surface area contributed by atoms with Crippen LogP contribution >= 0.6 is 0 Å². The number of aromatic nitrogens is 2. The van der Waals surface area contributed by atoms with E-state index >= 15 is 0 Å². The van der Waals surface area contributed by atoms with Crippen molar-refractivity contribution in [2.75, 3.05) is 20.4 Å². The number of amides is 1. The number of hydrogen-bond donors (Lipinski definition) is 0. The highest BCUT2D eigenvalue weighted by atomic mass is 16.7. The minimum Gasteiger partial charge on any atom is -0.481 e. The monoisotopic (exact) mass is 343 g/mol. The Labute approximate surface area is 146 Å². The summed E-state index contributed by atoms with van der Waals surface area (Å²) in [6, 6.07) is 5.31. The first-order valence-corrected chi connectivity index (χ1v) is 8.38. The summed E-state index contributed by atoms with van der Waals surface area (Å²) < 4.78 is 18.0. The van der Waals surface area contributed by atoms with E-state index < -0.39 is 0 Å². The van der Waals surface area contributed by atoms with E-state index in [2.05, 4.69) is 5.10 Å². The third kappa shape index (κ3) is 2.50. The molecule has 1 amide bonds. The molecule has 2 aliphatic rings. The van der Waals surface area contributed by atoms with Crippen LogP contribution in [0.4, 0.5) is 0 Å². The fourth-order valence-corrected chi connectivity index (χ4v) is 3.78. The number of likely N-dealkylation sites (tertiary alicyclic amines) is 1. The zero-order chi connectivity index (χ0) is 17.6. The second-order valence-electron chi connectivity index (χ2n) is 6.36. The molecular formula is C18H21N3O4. The van der Waals surface area contributed by atoms with E-state index in [9.17, 15) is 4.79 Å². The van der Waals surface area contributed by atoms with Gasteiger partial charge in [-0.1, -0.05) is 0 Å². The van der Waals surface area contributed by atoms with Crippen LogP contribution in [0.5, 0.6) is 17.4 Å². The van der Waals surface area contributed by atoms with Gasteiger partial charge in [-0.05, 0) is 38.0 Å². The van der Waals surface area contributed by atoms with E-state index in [-0.39, 0.29) is 18.7 Å². The van der Waals surface area contributed by atoms with Crippen LogP contribution in [0.15, 0.2) is 18.2 Å². The summed E-state index contributed by atoms with van der Waals surface area (Å²) in [6.07, 6.45) is 1.86. The summed E-state index contributed by atoms with van der Waals surface area (Å²) in [5.74, 6) is 2.01. The lowest BCUT2D eigenvalue weighted by atomic mass is 10.0. The minimum absolute atomic E-state index is 0.00824. The van der Waals surface area contributed by atoms with E-state index in [0.29, 0.717) is 22.9 Å². The number of ether oxygens (including phenoxy) is 3. The normalized spacial score (nSPS) is 18.7. The molecule has 0 unspecified atom stereocenters. The molecule has 132 valence electrons. The molecular weight excluding hydrogens is 322 g/mol. The predicted molar refractivity (Wildman–Crippen MR) is 90.1 cm³/mol. The Balaban J connectivity index is 1.67. The number of fused-ring (bicyclic) bond motifs is 1. The van der Waals surface area contributed by atoms with Gasteiger partial charge >= 0.3 is 0 Å². The quantitative estimate of drug-likeness (QED) is 0.856. The third-order valence-electron chi connectivity index (χ3n) is 4.87. The number of nitrogens with zero attached hydrogens (tertiary/aromatic N) is 3. The van der Waals surface area contributed by atoms with E-state index in [1.165, 1.54) is 0 Å². The molecule has 0 aliphatic carbocycles. The lowest BCUT2D eigenvalue weighted by Crippen LogP contribution is -2.31. The number of carbonyl (C=O) groups is 1. The van der Waals surface area contributed by atoms with Gasteiger partial charge in [-0.2, -0.15) is 5.10 Å². The van der Waals surface area contributed by atoms with Gasteiger partial charge in [-0.25, -0.2) is 4.68 Å². The van der Waals surface area contributed by atoms with E-state index in [1.54, 1.807) is 30.0 Å². The van der Waals surface area contributed by atoms with Crippen molar-refractivity contribution in [2.24, 2.45) is 7.05 Å². The molecule has 1 saturated heterocycles. The molecule has 1 fully saturated rings. The van der Waals surface area contributed by atoms with Gasteiger partial charge < -0.3 is 19.1 Å².